The van der Waals surface area contributed by atoms with Crippen LogP contribution in [0.4, 0.5) is 0 Å². The molecule has 3 heteroatoms. The van der Waals surface area contributed by atoms with Gasteiger partial charge >= 0.3 is 0 Å². The third-order valence-corrected chi connectivity index (χ3v) is 5.44. The molecule has 1 heterocycles. The number of hydrogen-bond acceptors (Lipinski definition) is 2. The second-order valence-corrected chi connectivity index (χ2v) is 7.38. The smallest absolute Gasteiger partial charge is 0.0453 e. The van der Waals surface area contributed by atoms with E-state index in [9.17, 15) is 0 Å². The molecule has 0 bridgehead atoms. The van der Waals surface area contributed by atoms with E-state index in [0.29, 0.717) is 18.0 Å². The first-order valence-corrected chi connectivity index (χ1v) is 8.51. The summed E-state index contributed by atoms with van der Waals surface area (Å²) in [5.41, 5.74) is 1.44. The Bertz CT molecular complexity index is 474. The van der Waals surface area contributed by atoms with Crippen molar-refractivity contribution in [2.45, 2.75) is 58.7 Å². The van der Waals surface area contributed by atoms with Gasteiger partial charge < -0.3 is 5.32 Å². The molecule has 1 saturated heterocycles. The Morgan fingerprint density at radius 3 is 2.57 bits per heavy atom. The standard InChI is InChI=1S/C18H29ClN2/c1-6-18(5)12-21(17(11-20-18)13(2)3)14(4)15-9-7-8-10-16(15)19/h7-10,13-14,17,20H,6,11-12H2,1-5H3. The van der Waals surface area contributed by atoms with Crippen LogP contribution in [0.3, 0.4) is 0 Å². The molecule has 0 aromatic heterocycles. The summed E-state index contributed by atoms with van der Waals surface area (Å²) < 4.78 is 0. The first-order chi connectivity index (χ1) is 9.88. The van der Waals surface area contributed by atoms with Crippen molar-refractivity contribution in [3.63, 3.8) is 0 Å². The molecule has 21 heavy (non-hydrogen) atoms. The van der Waals surface area contributed by atoms with Gasteiger partial charge in [-0.2, -0.15) is 0 Å². The Hall–Kier alpha value is -0.570. The molecule has 0 amide bonds. The molecule has 0 aliphatic carbocycles. The summed E-state index contributed by atoms with van der Waals surface area (Å²) in [4.78, 5) is 2.64. The van der Waals surface area contributed by atoms with Gasteiger partial charge in [0.1, 0.15) is 0 Å². The molecule has 1 aliphatic heterocycles. The molecule has 1 N–H and O–H groups in total. The maximum absolute atomic E-state index is 6.43. The van der Waals surface area contributed by atoms with Gasteiger partial charge in [0.05, 0.1) is 0 Å². The lowest BCUT2D eigenvalue weighted by Gasteiger charge is -2.50. The Labute approximate surface area is 134 Å². The van der Waals surface area contributed by atoms with Gasteiger partial charge in [0.25, 0.3) is 0 Å². The minimum absolute atomic E-state index is 0.195. The molecule has 1 aliphatic rings. The van der Waals surface area contributed by atoms with Crippen molar-refractivity contribution in [1.29, 1.82) is 0 Å². The molecule has 1 fully saturated rings. The van der Waals surface area contributed by atoms with E-state index in [0.717, 1.165) is 24.5 Å². The average Bonchev–Trinajstić information content (AvgIpc) is 2.46. The van der Waals surface area contributed by atoms with Crippen molar-refractivity contribution in [2.75, 3.05) is 13.1 Å². The SMILES string of the molecule is CCC1(C)CN(C(C)c2ccccc2Cl)C(C(C)C)CN1. The summed E-state index contributed by atoms with van der Waals surface area (Å²) in [6.07, 6.45) is 1.14. The van der Waals surface area contributed by atoms with Gasteiger partial charge in [0.15, 0.2) is 0 Å². The number of benzene rings is 1. The molecule has 0 saturated carbocycles. The highest BCUT2D eigenvalue weighted by atomic mass is 35.5. The molecule has 2 rings (SSSR count). The summed E-state index contributed by atoms with van der Waals surface area (Å²) in [6, 6.07) is 9.15. The zero-order chi connectivity index (χ0) is 15.6. The Morgan fingerprint density at radius 1 is 1.33 bits per heavy atom. The minimum Gasteiger partial charge on any atom is -0.309 e. The van der Waals surface area contributed by atoms with Gasteiger partial charge in [0, 0.05) is 35.7 Å². The molecule has 118 valence electrons. The van der Waals surface area contributed by atoms with Crippen LogP contribution in [0.25, 0.3) is 0 Å². The lowest BCUT2D eigenvalue weighted by atomic mass is 9.88. The third kappa shape index (κ3) is 3.61. The highest BCUT2D eigenvalue weighted by Crippen LogP contribution is 2.33. The summed E-state index contributed by atoms with van der Waals surface area (Å²) in [5, 5.41) is 4.63. The number of nitrogens with zero attached hydrogens (tertiary/aromatic N) is 1. The van der Waals surface area contributed by atoms with Crippen LogP contribution < -0.4 is 5.32 Å². The number of hydrogen-bond donors (Lipinski definition) is 1. The number of halogens is 1. The number of nitrogens with one attached hydrogen (secondary N) is 1. The quantitative estimate of drug-likeness (QED) is 0.881. The lowest BCUT2D eigenvalue weighted by molar-refractivity contribution is 0.0296. The van der Waals surface area contributed by atoms with Crippen LogP contribution in [0, 0.1) is 5.92 Å². The molecule has 3 unspecified atom stereocenters. The monoisotopic (exact) mass is 308 g/mol. The van der Waals surface area contributed by atoms with Crippen molar-refractivity contribution < 1.29 is 0 Å². The van der Waals surface area contributed by atoms with E-state index in [1.165, 1.54) is 5.56 Å². The topological polar surface area (TPSA) is 15.3 Å². The van der Waals surface area contributed by atoms with Crippen LogP contribution in [0.15, 0.2) is 24.3 Å². The van der Waals surface area contributed by atoms with Crippen LogP contribution in [0.1, 0.15) is 52.6 Å². The van der Waals surface area contributed by atoms with Gasteiger partial charge in [-0.25, -0.2) is 0 Å². The van der Waals surface area contributed by atoms with Gasteiger partial charge in [-0.1, -0.05) is 50.6 Å². The molecule has 0 spiro atoms. The number of piperazine rings is 1. The fraction of sp³-hybridized carbons (Fsp3) is 0.667. The largest absolute Gasteiger partial charge is 0.309 e. The zero-order valence-corrected chi connectivity index (χ0v) is 14.7. The molecule has 1 aromatic rings. The predicted octanol–water partition coefficient (Wildman–Crippen LogP) is 4.50. The fourth-order valence-electron chi connectivity index (χ4n) is 3.32. The van der Waals surface area contributed by atoms with E-state index in [4.69, 9.17) is 11.6 Å². The molecule has 1 aromatic carbocycles. The second kappa shape index (κ2) is 6.68. The Morgan fingerprint density at radius 2 is 2.00 bits per heavy atom. The van der Waals surface area contributed by atoms with Crippen LogP contribution >= 0.6 is 11.6 Å². The van der Waals surface area contributed by atoms with E-state index in [-0.39, 0.29) is 5.54 Å². The summed E-state index contributed by atoms with van der Waals surface area (Å²) in [7, 11) is 0. The lowest BCUT2D eigenvalue weighted by Crippen LogP contribution is -2.64. The first kappa shape index (κ1) is 16.8. The van der Waals surface area contributed by atoms with Crippen molar-refractivity contribution >= 4 is 11.6 Å². The highest BCUT2D eigenvalue weighted by molar-refractivity contribution is 6.31. The van der Waals surface area contributed by atoms with Crippen molar-refractivity contribution in [2.24, 2.45) is 5.92 Å². The van der Waals surface area contributed by atoms with Crippen LogP contribution in [-0.4, -0.2) is 29.6 Å². The maximum atomic E-state index is 6.43. The number of rotatable bonds is 4. The zero-order valence-electron chi connectivity index (χ0n) is 14.0. The summed E-state index contributed by atoms with van der Waals surface area (Å²) >= 11 is 6.43. The van der Waals surface area contributed by atoms with Crippen LogP contribution in [-0.2, 0) is 0 Å². The van der Waals surface area contributed by atoms with Crippen molar-refractivity contribution in [3.8, 4) is 0 Å². The van der Waals surface area contributed by atoms with E-state index in [2.05, 4.69) is 57.0 Å². The van der Waals surface area contributed by atoms with Crippen molar-refractivity contribution in [3.05, 3.63) is 34.9 Å². The Balaban J connectivity index is 2.29. The van der Waals surface area contributed by atoms with E-state index in [1.54, 1.807) is 0 Å². The van der Waals surface area contributed by atoms with Crippen LogP contribution in [0.5, 0.6) is 0 Å². The molecular weight excluding hydrogens is 280 g/mol. The summed E-state index contributed by atoms with van der Waals surface area (Å²) in [5.74, 6) is 0.629. The van der Waals surface area contributed by atoms with Gasteiger partial charge in [0.2, 0.25) is 0 Å². The van der Waals surface area contributed by atoms with E-state index >= 15 is 0 Å². The first-order valence-electron chi connectivity index (χ1n) is 8.13. The van der Waals surface area contributed by atoms with Crippen molar-refractivity contribution in [1.82, 2.24) is 10.2 Å². The van der Waals surface area contributed by atoms with Crippen LogP contribution in [0.2, 0.25) is 5.02 Å². The normalized spacial score (nSPS) is 28.8. The van der Waals surface area contributed by atoms with E-state index < -0.39 is 0 Å². The molecular formula is C18H29ClN2. The average molecular weight is 309 g/mol. The van der Waals surface area contributed by atoms with Gasteiger partial charge in [-0.05, 0) is 37.8 Å². The molecule has 3 atom stereocenters. The second-order valence-electron chi connectivity index (χ2n) is 6.98. The van der Waals surface area contributed by atoms with E-state index in [1.807, 2.05) is 12.1 Å². The fourth-order valence-corrected chi connectivity index (χ4v) is 3.61. The maximum Gasteiger partial charge on any atom is 0.0453 e. The minimum atomic E-state index is 0.195. The van der Waals surface area contributed by atoms with Gasteiger partial charge in [-0.3, -0.25) is 4.90 Å². The highest BCUT2D eigenvalue weighted by Gasteiger charge is 2.38. The third-order valence-electron chi connectivity index (χ3n) is 5.10. The molecule has 0 radical (unpaired) electrons. The predicted molar refractivity (Wildman–Crippen MR) is 91.9 cm³/mol. The van der Waals surface area contributed by atoms with Gasteiger partial charge in [-0.15, -0.1) is 0 Å². The molecule has 2 nitrogen and oxygen atoms in total. The summed E-state index contributed by atoms with van der Waals surface area (Å²) in [6.45, 7) is 13.6. The Kier molecular flexibility index (Phi) is 5.34.